The van der Waals surface area contributed by atoms with Crippen molar-refractivity contribution in [1.29, 1.82) is 0 Å². The maximum Gasteiger partial charge on any atom is 0.166 e. The van der Waals surface area contributed by atoms with Crippen molar-refractivity contribution in [3.8, 4) is 0 Å². The number of aryl methyl sites for hydroxylation is 2. The Balaban J connectivity index is 1.78. The summed E-state index contributed by atoms with van der Waals surface area (Å²) >= 11 is 11.2. The molecular weight excluding hydrogens is 296 g/mol. The molecule has 0 aliphatic rings. The van der Waals surface area contributed by atoms with Crippen LogP contribution in [0.5, 0.6) is 0 Å². The fourth-order valence-electron chi connectivity index (χ4n) is 1.71. The standard InChI is InChI=1S/C12H17ClN6S/c1-3-19-8-9(5-17-19)4-14-12(20)15-7-11-10(13)6-16-18(11)2/h5-6,8H,3-4,7H2,1-2H3,(H2,14,15,20). The van der Waals surface area contributed by atoms with Gasteiger partial charge in [0.1, 0.15) is 0 Å². The number of rotatable bonds is 5. The average molecular weight is 313 g/mol. The Hall–Kier alpha value is -1.60. The van der Waals surface area contributed by atoms with Crippen LogP contribution in [0.4, 0.5) is 0 Å². The Labute approximate surface area is 128 Å². The van der Waals surface area contributed by atoms with Gasteiger partial charge in [-0.3, -0.25) is 9.36 Å². The van der Waals surface area contributed by atoms with Gasteiger partial charge in [-0.25, -0.2) is 0 Å². The van der Waals surface area contributed by atoms with E-state index in [9.17, 15) is 0 Å². The lowest BCUT2D eigenvalue weighted by Crippen LogP contribution is -2.34. The van der Waals surface area contributed by atoms with Crippen LogP contribution in [0.15, 0.2) is 18.6 Å². The molecule has 0 aliphatic heterocycles. The summed E-state index contributed by atoms with van der Waals surface area (Å²) in [4.78, 5) is 0. The van der Waals surface area contributed by atoms with E-state index in [1.54, 1.807) is 10.9 Å². The maximum atomic E-state index is 6.02. The summed E-state index contributed by atoms with van der Waals surface area (Å²) < 4.78 is 3.60. The third-order valence-electron chi connectivity index (χ3n) is 2.89. The fraction of sp³-hybridized carbons (Fsp3) is 0.417. The normalized spacial score (nSPS) is 10.6. The minimum Gasteiger partial charge on any atom is -0.359 e. The van der Waals surface area contributed by atoms with E-state index in [1.165, 1.54) is 0 Å². The Bertz CT molecular complexity index is 571. The molecule has 6 nitrogen and oxygen atoms in total. The van der Waals surface area contributed by atoms with E-state index in [-0.39, 0.29) is 0 Å². The fourth-order valence-corrected chi connectivity index (χ4v) is 2.09. The van der Waals surface area contributed by atoms with Crippen LogP contribution in [0.2, 0.25) is 5.02 Å². The van der Waals surface area contributed by atoms with Gasteiger partial charge in [-0.1, -0.05) is 11.6 Å². The van der Waals surface area contributed by atoms with Crippen molar-refractivity contribution in [3.63, 3.8) is 0 Å². The van der Waals surface area contributed by atoms with Crippen LogP contribution in [-0.4, -0.2) is 24.7 Å². The second kappa shape index (κ2) is 6.71. The molecule has 0 radical (unpaired) electrons. The molecule has 108 valence electrons. The molecule has 0 aliphatic carbocycles. The van der Waals surface area contributed by atoms with Crippen LogP contribution in [0.3, 0.4) is 0 Å². The summed E-state index contributed by atoms with van der Waals surface area (Å²) in [7, 11) is 1.85. The highest BCUT2D eigenvalue weighted by molar-refractivity contribution is 7.80. The van der Waals surface area contributed by atoms with E-state index in [1.807, 2.05) is 31.0 Å². The van der Waals surface area contributed by atoms with Gasteiger partial charge in [0.15, 0.2) is 5.11 Å². The lowest BCUT2D eigenvalue weighted by atomic mass is 10.3. The molecule has 8 heteroatoms. The summed E-state index contributed by atoms with van der Waals surface area (Å²) in [6.45, 7) is 4.09. The second-order valence-electron chi connectivity index (χ2n) is 4.30. The van der Waals surface area contributed by atoms with Gasteiger partial charge < -0.3 is 10.6 Å². The second-order valence-corrected chi connectivity index (χ2v) is 5.12. The predicted octanol–water partition coefficient (Wildman–Crippen LogP) is 1.45. The molecule has 0 saturated carbocycles. The molecule has 0 amide bonds. The van der Waals surface area contributed by atoms with Crippen LogP contribution in [0.1, 0.15) is 18.2 Å². The Morgan fingerprint density at radius 3 is 2.65 bits per heavy atom. The lowest BCUT2D eigenvalue weighted by Gasteiger charge is -2.10. The number of hydrogen-bond acceptors (Lipinski definition) is 3. The Kier molecular flexibility index (Phi) is 4.97. The van der Waals surface area contributed by atoms with Gasteiger partial charge in [0.2, 0.25) is 0 Å². The SMILES string of the molecule is CCn1cc(CNC(=S)NCc2c(Cl)cnn2C)cn1. The van der Waals surface area contributed by atoms with Gasteiger partial charge in [0.05, 0.1) is 29.7 Å². The third-order valence-corrected chi connectivity index (χ3v) is 3.50. The average Bonchev–Trinajstić information content (AvgIpc) is 3.02. The quantitative estimate of drug-likeness (QED) is 0.819. The Morgan fingerprint density at radius 2 is 2.05 bits per heavy atom. The highest BCUT2D eigenvalue weighted by atomic mass is 35.5. The first-order valence-corrected chi connectivity index (χ1v) is 7.08. The predicted molar refractivity (Wildman–Crippen MR) is 82.4 cm³/mol. The molecule has 0 saturated heterocycles. The van der Waals surface area contributed by atoms with E-state index in [0.29, 0.717) is 23.2 Å². The number of hydrogen-bond donors (Lipinski definition) is 2. The van der Waals surface area contributed by atoms with Gasteiger partial charge in [-0.15, -0.1) is 0 Å². The number of nitrogens with zero attached hydrogens (tertiary/aromatic N) is 4. The first-order chi connectivity index (χ1) is 9.60. The van der Waals surface area contributed by atoms with Crippen molar-refractivity contribution in [3.05, 3.63) is 34.9 Å². The zero-order chi connectivity index (χ0) is 14.5. The highest BCUT2D eigenvalue weighted by Gasteiger charge is 2.06. The summed E-state index contributed by atoms with van der Waals surface area (Å²) in [5.41, 5.74) is 1.99. The number of aromatic nitrogens is 4. The molecule has 0 bridgehead atoms. The van der Waals surface area contributed by atoms with Crippen molar-refractivity contribution in [2.75, 3.05) is 0 Å². The Morgan fingerprint density at radius 1 is 1.30 bits per heavy atom. The largest absolute Gasteiger partial charge is 0.359 e. The molecular formula is C12H17ClN6S. The molecule has 20 heavy (non-hydrogen) atoms. The van der Waals surface area contributed by atoms with Crippen molar-refractivity contribution >= 4 is 28.9 Å². The lowest BCUT2D eigenvalue weighted by molar-refractivity contribution is 0.658. The van der Waals surface area contributed by atoms with Crippen molar-refractivity contribution in [2.24, 2.45) is 7.05 Å². The molecule has 0 unspecified atom stereocenters. The van der Waals surface area contributed by atoms with Crippen LogP contribution in [-0.2, 0) is 26.7 Å². The van der Waals surface area contributed by atoms with Crippen LogP contribution in [0.25, 0.3) is 0 Å². The molecule has 2 rings (SSSR count). The topological polar surface area (TPSA) is 59.7 Å². The minimum absolute atomic E-state index is 0.537. The number of nitrogens with one attached hydrogen (secondary N) is 2. The molecule has 0 aromatic carbocycles. The van der Waals surface area contributed by atoms with Crippen molar-refractivity contribution in [2.45, 2.75) is 26.6 Å². The zero-order valence-electron chi connectivity index (χ0n) is 11.4. The minimum atomic E-state index is 0.537. The van der Waals surface area contributed by atoms with Gasteiger partial charge in [0, 0.05) is 31.9 Å². The van der Waals surface area contributed by atoms with Crippen molar-refractivity contribution in [1.82, 2.24) is 30.2 Å². The first kappa shape index (κ1) is 14.8. The summed E-state index contributed by atoms with van der Waals surface area (Å²) in [6.07, 6.45) is 5.44. The summed E-state index contributed by atoms with van der Waals surface area (Å²) in [5, 5.41) is 15.7. The number of halogens is 1. The van der Waals surface area contributed by atoms with Gasteiger partial charge in [0.25, 0.3) is 0 Å². The summed E-state index contributed by atoms with van der Waals surface area (Å²) in [5.74, 6) is 0. The molecule has 0 fully saturated rings. The monoisotopic (exact) mass is 312 g/mol. The highest BCUT2D eigenvalue weighted by Crippen LogP contribution is 2.13. The van der Waals surface area contributed by atoms with Gasteiger partial charge >= 0.3 is 0 Å². The molecule has 2 aromatic rings. The van der Waals surface area contributed by atoms with E-state index in [4.69, 9.17) is 23.8 Å². The molecule has 0 spiro atoms. The van der Waals surface area contributed by atoms with Crippen LogP contribution >= 0.6 is 23.8 Å². The van der Waals surface area contributed by atoms with Gasteiger partial charge in [-0.05, 0) is 19.1 Å². The molecule has 2 N–H and O–H groups in total. The van der Waals surface area contributed by atoms with Crippen LogP contribution in [0, 0.1) is 0 Å². The zero-order valence-corrected chi connectivity index (χ0v) is 13.0. The van der Waals surface area contributed by atoms with E-state index in [2.05, 4.69) is 20.8 Å². The van der Waals surface area contributed by atoms with E-state index in [0.717, 1.165) is 17.8 Å². The first-order valence-electron chi connectivity index (χ1n) is 6.29. The smallest absolute Gasteiger partial charge is 0.166 e. The number of thiocarbonyl (C=S) groups is 1. The van der Waals surface area contributed by atoms with Crippen molar-refractivity contribution < 1.29 is 0 Å². The van der Waals surface area contributed by atoms with Crippen LogP contribution < -0.4 is 10.6 Å². The summed E-state index contributed by atoms with van der Waals surface area (Å²) in [6, 6.07) is 0. The third kappa shape index (κ3) is 3.71. The molecule has 0 atom stereocenters. The molecule has 2 heterocycles. The molecule has 2 aromatic heterocycles. The van der Waals surface area contributed by atoms with E-state index < -0.39 is 0 Å². The van der Waals surface area contributed by atoms with E-state index >= 15 is 0 Å². The maximum absolute atomic E-state index is 6.02. The van der Waals surface area contributed by atoms with Gasteiger partial charge in [-0.2, -0.15) is 10.2 Å².